The number of ether oxygens (including phenoxy) is 2. The summed E-state index contributed by atoms with van der Waals surface area (Å²) in [5.74, 6) is 0.597. The van der Waals surface area contributed by atoms with Crippen LogP contribution in [0.5, 0.6) is 5.75 Å². The van der Waals surface area contributed by atoms with Crippen LogP contribution in [0.25, 0.3) is 5.70 Å². The first-order valence-electron chi connectivity index (χ1n) is 13.7. The molecule has 1 aromatic carbocycles. The maximum atomic E-state index is 13.0. The minimum atomic E-state index is -0.00922. The molecular formula is C27H37N9O3. The molecule has 0 unspecified atom stereocenters. The van der Waals surface area contributed by atoms with Gasteiger partial charge in [-0.1, -0.05) is 19.3 Å². The first-order valence-corrected chi connectivity index (χ1v) is 13.7. The fourth-order valence-corrected chi connectivity index (χ4v) is 5.58. The van der Waals surface area contributed by atoms with Gasteiger partial charge in [-0.15, -0.1) is 0 Å². The Morgan fingerprint density at radius 1 is 1.15 bits per heavy atom. The summed E-state index contributed by atoms with van der Waals surface area (Å²) in [7, 11) is 3.55. The predicted octanol–water partition coefficient (Wildman–Crippen LogP) is 1.96. The zero-order chi connectivity index (χ0) is 26.8. The lowest BCUT2D eigenvalue weighted by atomic mass is 9.96. The number of nitrogens with one attached hydrogen (secondary N) is 4. The van der Waals surface area contributed by atoms with Gasteiger partial charge in [0.25, 0.3) is 5.91 Å². The van der Waals surface area contributed by atoms with E-state index in [-0.39, 0.29) is 5.91 Å². The van der Waals surface area contributed by atoms with Gasteiger partial charge in [-0.2, -0.15) is 5.10 Å². The molecule has 0 atom stereocenters. The van der Waals surface area contributed by atoms with E-state index in [1.54, 1.807) is 13.2 Å². The molecule has 0 radical (unpaired) electrons. The molecule has 1 amide bonds. The Kier molecular flexibility index (Phi) is 7.20. The number of aryl methyl sites for hydroxylation is 1. The van der Waals surface area contributed by atoms with Crippen molar-refractivity contribution in [1.29, 1.82) is 0 Å². The summed E-state index contributed by atoms with van der Waals surface area (Å²) in [6.07, 6.45) is 12.0. The monoisotopic (exact) mass is 535 g/mol. The van der Waals surface area contributed by atoms with Gasteiger partial charge < -0.3 is 14.4 Å². The average Bonchev–Trinajstić information content (AvgIpc) is 3.60. The third-order valence-electron chi connectivity index (χ3n) is 7.61. The fourth-order valence-electron chi connectivity index (χ4n) is 5.58. The summed E-state index contributed by atoms with van der Waals surface area (Å²) in [5.41, 5.74) is 19.3. The van der Waals surface area contributed by atoms with E-state index >= 15 is 0 Å². The van der Waals surface area contributed by atoms with Crippen molar-refractivity contribution in [2.75, 3.05) is 45.5 Å². The molecule has 4 heterocycles. The molecule has 1 saturated carbocycles. The van der Waals surface area contributed by atoms with Gasteiger partial charge in [-0.25, -0.2) is 5.43 Å². The van der Waals surface area contributed by atoms with Crippen LogP contribution in [-0.4, -0.2) is 76.7 Å². The molecule has 1 aromatic heterocycles. The maximum Gasteiger partial charge on any atom is 0.254 e. The molecule has 2 aromatic rings. The van der Waals surface area contributed by atoms with Gasteiger partial charge in [0.2, 0.25) is 0 Å². The summed E-state index contributed by atoms with van der Waals surface area (Å²) < 4.78 is 12.9. The van der Waals surface area contributed by atoms with Crippen LogP contribution in [0.2, 0.25) is 0 Å². The number of hydrazine groups is 3. The number of methoxy groups -OCH3 is 1. The van der Waals surface area contributed by atoms with E-state index in [0.29, 0.717) is 50.3 Å². The van der Waals surface area contributed by atoms with Gasteiger partial charge in [0.1, 0.15) is 18.1 Å². The van der Waals surface area contributed by atoms with Crippen molar-refractivity contribution in [1.82, 2.24) is 41.0 Å². The van der Waals surface area contributed by atoms with Gasteiger partial charge in [0, 0.05) is 43.5 Å². The van der Waals surface area contributed by atoms with E-state index in [4.69, 9.17) is 9.47 Å². The highest BCUT2D eigenvalue weighted by Gasteiger charge is 2.33. The second-order valence-corrected chi connectivity index (χ2v) is 10.4. The van der Waals surface area contributed by atoms with E-state index in [0.717, 1.165) is 41.2 Å². The van der Waals surface area contributed by atoms with E-state index in [1.165, 1.54) is 19.3 Å². The first-order chi connectivity index (χ1) is 19.1. The number of anilines is 1. The number of fused-ring (bicyclic) bond motifs is 1. The Hall–Kier alpha value is -3.90. The van der Waals surface area contributed by atoms with Crippen molar-refractivity contribution >= 4 is 17.3 Å². The van der Waals surface area contributed by atoms with Crippen LogP contribution in [-0.2, 0) is 11.8 Å². The number of morpholine rings is 1. The normalized spacial score (nSPS) is 19.8. The Morgan fingerprint density at radius 2 is 1.97 bits per heavy atom. The van der Waals surface area contributed by atoms with Crippen molar-refractivity contribution in [3.63, 3.8) is 0 Å². The molecule has 1 aliphatic carbocycles. The number of amides is 1. The SMILES string of the molecule is COc1cc(C(=O)N2CCOCC2)ccc1NN1C=C2NNC(c3cnn(C)c3)=C2N(NC2CCCCC2)C1. The number of nitrogens with zero attached hydrogens (tertiary/aromatic N) is 5. The highest BCUT2D eigenvalue weighted by molar-refractivity contribution is 5.95. The van der Waals surface area contributed by atoms with Gasteiger partial charge in [0.05, 0.1) is 49.8 Å². The molecule has 6 rings (SSSR count). The van der Waals surface area contributed by atoms with Crippen LogP contribution >= 0.6 is 0 Å². The molecule has 12 heteroatoms. The average molecular weight is 536 g/mol. The second kappa shape index (κ2) is 11.1. The van der Waals surface area contributed by atoms with E-state index in [9.17, 15) is 4.79 Å². The lowest BCUT2D eigenvalue weighted by Crippen LogP contribution is -2.52. The molecule has 0 bridgehead atoms. The zero-order valence-corrected chi connectivity index (χ0v) is 22.6. The molecule has 1 saturated heterocycles. The Balaban J connectivity index is 1.25. The number of hydrogen-bond donors (Lipinski definition) is 4. The van der Waals surface area contributed by atoms with Crippen molar-refractivity contribution in [2.24, 2.45) is 7.05 Å². The first kappa shape index (κ1) is 25.4. The summed E-state index contributed by atoms with van der Waals surface area (Å²) in [5, 5.41) is 8.58. The molecule has 4 aliphatic rings. The molecule has 12 nitrogen and oxygen atoms in total. The fraction of sp³-hybridized carbons (Fsp3) is 0.481. The summed E-state index contributed by atoms with van der Waals surface area (Å²) in [6.45, 7) is 2.90. The quantitative estimate of drug-likeness (QED) is 0.420. The van der Waals surface area contributed by atoms with Crippen molar-refractivity contribution in [3.05, 3.63) is 59.3 Å². The molecular weight excluding hydrogens is 498 g/mol. The molecule has 208 valence electrons. The van der Waals surface area contributed by atoms with Crippen LogP contribution in [0.3, 0.4) is 0 Å². The topological polar surface area (TPSA) is 111 Å². The predicted molar refractivity (Wildman–Crippen MR) is 146 cm³/mol. The number of benzene rings is 1. The van der Waals surface area contributed by atoms with Crippen molar-refractivity contribution in [3.8, 4) is 5.75 Å². The summed E-state index contributed by atoms with van der Waals surface area (Å²) >= 11 is 0. The molecule has 4 N–H and O–H groups in total. The zero-order valence-electron chi connectivity index (χ0n) is 22.6. The number of hydrogen-bond acceptors (Lipinski definition) is 10. The molecule has 3 aliphatic heterocycles. The van der Waals surface area contributed by atoms with Crippen molar-refractivity contribution < 1.29 is 14.3 Å². The Labute approximate surface area is 228 Å². The maximum absolute atomic E-state index is 13.0. The number of carbonyl (C=O) groups is 1. The largest absolute Gasteiger partial charge is 0.494 e. The van der Waals surface area contributed by atoms with Gasteiger partial charge in [0.15, 0.2) is 0 Å². The standard InChI is InChI=1S/C27H37N9O3/c1-33-16-20(15-28-33)25-26-23(29-30-25)17-35(18-36(26)31-21-6-4-3-5-7-21)32-22-9-8-19(14-24(22)38-2)27(37)34-10-12-39-13-11-34/h8-9,14-17,21,29-32H,3-7,10-13,18H2,1-2H3. The minimum Gasteiger partial charge on any atom is -0.494 e. The van der Waals surface area contributed by atoms with Crippen LogP contribution < -0.4 is 26.4 Å². The summed E-state index contributed by atoms with van der Waals surface area (Å²) in [6, 6.07) is 5.97. The molecule has 2 fully saturated rings. The number of aromatic nitrogens is 2. The highest BCUT2D eigenvalue weighted by Crippen LogP contribution is 2.33. The smallest absolute Gasteiger partial charge is 0.254 e. The Bertz CT molecular complexity index is 1260. The van der Waals surface area contributed by atoms with E-state index < -0.39 is 0 Å². The third-order valence-corrected chi connectivity index (χ3v) is 7.61. The lowest BCUT2D eigenvalue weighted by Gasteiger charge is -2.40. The number of rotatable bonds is 7. The number of carbonyl (C=O) groups excluding carboxylic acids is 1. The van der Waals surface area contributed by atoms with Crippen LogP contribution in [0.1, 0.15) is 48.0 Å². The van der Waals surface area contributed by atoms with Crippen LogP contribution in [0.15, 0.2) is 48.2 Å². The molecule has 0 spiro atoms. The van der Waals surface area contributed by atoms with Crippen LogP contribution in [0.4, 0.5) is 5.69 Å². The third kappa shape index (κ3) is 5.34. The minimum absolute atomic E-state index is 0.00922. The second-order valence-electron chi connectivity index (χ2n) is 10.4. The highest BCUT2D eigenvalue weighted by atomic mass is 16.5. The molecule has 39 heavy (non-hydrogen) atoms. The lowest BCUT2D eigenvalue weighted by molar-refractivity contribution is 0.0302. The van der Waals surface area contributed by atoms with Crippen molar-refractivity contribution in [2.45, 2.75) is 38.1 Å². The van der Waals surface area contributed by atoms with Gasteiger partial charge >= 0.3 is 0 Å². The van der Waals surface area contributed by atoms with Gasteiger partial charge in [-0.3, -0.25) is 35.8 Å². The van der Waals surface area contributed by atoms with Crippen LogP contribution in [0, 0.1) is 0 Å². The summed E-state index contributed by atoms with van der Waals surface area (Å²) in [4.78, 5) is 14.8. The Morgan fingerprint density at radius 3 is 2.72 bits per heavy atom. The van der Waals surface area contributed by atoms with E-state index in [2.05, 4.69) is 31.8 Å². The van der Waals surface area contributed by atoms with Gasteiger partial charge in [-0.05, 0) is 31.0 Å². The van der Waals surface area contributed by atoms with E-state index in [1.807, 2.05) is 52.4 Å².